The summed E-state index contributed by atoms with van der Waals surface area (Å²) in [4.78, 5) is 0. The average molecular weight is 264 g/mol. The van der Waals surface area contributed by atoms with Crippen molar-refractivity contribution < 1.29 is 10.2 Å². The predicted octanol–water partition coefficient (Wildman–Crippen LogP) is 4.67. The van der Waals surface area contributed by atoms with Crippen molar-refractivity contribution in [1.82, 2.24) is 0 Å². The van der Waals surface area contributed by atoms with E-state index in [0.29, 0.717) is 11.4 Å². The number of rotatable bonds is 2. The van der Waals surface area contributed by atoms with Gasteiger partial charge in [-0.3, -0.25) is 0 Å². The molecule has 0 radical (unpaired) electrons. The molecular formula is C16H12N2O2. The number of nitrogens with zero attached hydrogens (tertiary/aromatic N) is 2. The fraction of sp³-hybridized carbons (Fsp3) is 0. The maximum Gasteiger partial charge on any atom is 0.143 e. The van der Waals surface area contributed by atoms with Crippen LogP contribution in [-0.2, 0) is 0 Å². The third kappa shape index (κ3) is 2.19. The molecule has 0 amide bonds. The molecule has 0 spiro atoms. The van der Waals surface area contributed by atoms with Crippen LogP contribution in [0.2, 0.25) is 0 Å². The van der Waals surface area contributed by atoms with Crippen molar-refractivity contribution in [3.63, 3.8) is 0 Å². The van der Waals surface area contributed by atoms with Crippen LogP contribution >= 0.6 is 0 Å². The van der Waals surface area contributed by atoms with Gasteiger partial charge in [-0.2, -0.15) is 0 Å². The van der Waals surface area contributed by atoms with E-state index in [9.17, 15) is 10.2 Å². The van der Waals surface area contributed by atoms with E-state index in [0.717, 1.165) is 10.8 Å². The van der Waals surface area contributed by atoms with Crippen LogP contribution in [0.15, 0.2) is 70.9 Å². The maximum atomic E-state index is 9.94. The molecule has 0 unspecified atom stereocenters. The van der Waals surface area contributed by atoms with Gasteiger partial charge < -0.3 is 10.2 Å². The summed E-state index contributed by atoms with van der Waals surface area (Å²) < 4.78 is 0. The fourth-order valence-corrected chi connectivity index (χ4v) is 2.00. The van der Waals surface area contributed by atoms with E-state index >= 15 is 0 Å². The second kappa shape index (κ2) is 5.01. The summed E-state index contributed by atoms with van der Waals surface area (Å²) in [6.07, 6.45) is 0. The van der Waals surface area contributed by atoms with E-state index < -0.39 is 0 Å². The first kappa shape index (κ1) is 12.2. The van der Waals surface area contributed by atoms with Crippen molar-refractivity contribution in [1.29, 1.82) is 0 Å². The van der Waals surface area contributed by atoms with Crippen LogP contribution in [0.4, 0.5) is 11.4 Å². The summed E-state index contributed by atoms with van der Waals surface area (Å²) in [5.74, 6) is 0.110. The number of phenols is 2. The molecular weight excluding hydrogens is 252 g/mol. The quantitative estimate of drug-likeness (QED) is 0.661. The number of para-hydroxylation sites is 1. The Morgan fingerprint density at radius 2 is 1.40 bits per heavy atom. The summed E-state index contributed by atoms with van der Waals surface area (Å²) in [5.41, 5.74) is 0.756. The van der Waals surface area contributed by atoms with Gasteiger partial charge in [-0.05, 0) is 23.6 Å². The zero-order valence-electron chi connectivity index (χ0n) is 10.6. The average Bonchev–Trinajstić information content (AvgIpc) is 2.48. The molecule has 4 heteroatoms. The van der Waals surface area contributed by atoms with E-state index in [1.807, 2.05) is 30.3 Å². The summed E-state index contributed by atoms with van der Waals surface area (Å²) >= 11 is 0. The Morgan fingerprint density at radius 3 is 2.25 bits per heavy atom. The van der Waals surface area contributed by atoms with Crippen molar-refractivity contribution in [3.8, 4) is 11.5 Å². The number of azo groups is 1. The highest BCUT2D eigenvalue weighted by atomic mass is 16.3. The number of fused-ring (bicyclic) bond motifs is 1. The molecule has 0 fully saturated rings. The molecule has 0 heterocycles. The minimum Gasteiger partial charge on any atom is -0.506 e. The molecule has 0 aromatic heterocycles. The molecule has 3 rings (SSSR count). The van der Waals surface area contributed by atoms with Crippen molar-refractivity contribution in [3.05, 3.63) is 60.7 Å². The molecule has 98 valence electrons. The Bertz CT molecular complexity index is 797. The van der Waals surface area contributed by atoms with E-state index in [1.165, 1.54) is 6.07 Å². The maximum absolute atomic E-state index is 9.94. The molecule has 3 aromatic rings. The van der Waals surface area contributed by atoms with E-state index in [4.69, 9.17) is 0 Å². The summed E-state index contributed by atoms with van der Waals surface area (Å²) in [5, 5.41) is 29.5. The molecule has 0 aliphatic heterocycles. The van der Waals surface area contributed by atoms with E-state index in [-0.39, 0.29) is 11.5 Å². The zero-order valence-corrected chi connectivity index (χ0v) is 10.6. The highest BCUT2D eigenvalue weighted by Gasteiger charge is 2.06. The van der Waals surface area contributed by atoms with Crippen LogP contribution in [0.3, 0.4) is 0 Å². The SMILES string of the molecule is Oc1ccccc1/N=N/c1c(O)ccc2ccccc12. The number of hydrogen-bond donors (Lipinski definition) is 2. The van der Waals surface area contributed by atoms with Gasteiger partial charge in [-0.15, -0.1) is 10.2 Å². The lowest BCUT2D eigenvalue weighted by atomic mass is 10.1. The second-order valence-corrected chi connectivity index (χ2v) is 4.34. The Morgan fingerprint density at radius 1 is 0.650 bits per heavy atom. The molecule has 0 saturated carbocycles. The predicted molar refractivity (Wildman–Crippen MR) is 77.9 cm³/mol. The number of hydrogen-bond acceptors (Lipinski definition) is 4. The van der Waals surface area contributed by atoms with Crippen molar-refractivity contribution in [2.24, 2.45) is 10.2 Å². The highest BCUT2D eigenvalue weighted by molar-refractivity contribution is 5.95. The Labute approximate surface area is 115 Å². The van der Waals surface area contributed by atoms with Crippen LogP contribution < -0.4 is 0 Å². The third-order valence-electron chi connectivity index (χ3n) is 3.02. The molecule has 0 aliphatic carbocycles. The molecule has 0 atom stereocenters. The monoisotopic (exact) mass is 264 g/mol. The van der Waals surface area contributed by atoms with Crippen molar-refractivity contribution in [2.75, 3.05) is 0 Å². The number of phenolic OH excluding ortho intramolecular Hbond substituents is 2. The summed E-state index contributed by atoms with van der Waals surface area (Å²) in [6.45, 7) is 0. The van der Waals surface area contributed by atoms with Gasteiger partial charge in [0.15, 0.2) is 0 Å². The minimum absolute atomic E-state index is 0.0518. The van der Waals surface area contributed by atoms with Crippen molar-refractivity contribution in [2.45, 2.75) is 0 Å². The van der Waals surface area contributed by atoms with Gasteiger partial charge in [-0.25, -0.2) is 0 Å². The van der Waals surface area contributed by atoms with Crippen LogP contribution in [0.1, 0.15) is 0 Å². The molecule has 20 heavy (non-hydrogen) atoms. The van der Waals surface area contributed by atoms with Crippen LogP contribution in [0.5, 0.6) is 11.5 Å². The lowest BCUT2D eigenvalue weighted by molar-refractivity contribution is 0.474. The third-order valence-corrected chi connectivity index (χ3v) is 3.02. The first-order valence-corrected chi connectivity index (χ1v) is 6.16. The lowest BCUT2D eigenvalue weighted by Crippen LogP contribution is -1.74. The van der Waals surface area contributed by atoms with Gasteiger partial charge in [0.1, 0.15) is 22.9 Å². The standard InChI is InChI=1S/C16H12N2O2/c19-14-8-4-3-7-13(14)17-18-16-12-6-2-1-5-11(12)9-10-15(16)20/h1-10,19-20H/b18-17+. The Hall–Kier alpha value is -2.88. The van der Waals surface area contributed by atoms with Crippen LogP contribution in [-0.4, -0.2) is 10.2 Å². The van der Waals surface area contributed by atoms with Crippen molar-refractivity contribution >= 4 is 22.1 Å². The Balaban J connectivity index is 2.11. The van der Waals surface area contributed by atoms with Gasteiger partial charge in [0.05, 0.1) is 0 Å². The van der Waals surface area contributed by atoms with E-state index in [1.54, 1.807) is 24.3 Å². The number of aromatic hydroxyl groups is 2. The molecule has 0 aliphatic rings. The van der Waals surface area contributed by atoms with Gasteiger partial charge in [-0.1, -0.05) is 42.5 Å². The van der Waals surface area contributed by atoms with Gasteiger partial charge in [0.2, 0.25) is 0 Å². The second-order valence-electron chi connectivity index (χ2n) is 4.34. The minimum atomic E-state index is 0.0518. The van der Waals surface area contributed by atoms with Gasteiger partial charge >= 0.3 is 0 Å². The lowest BCUT2D eigenvalue weighted by Gasteiger charge is -2.03. The molecule has 3 aromatic carbocycles. The molecule has 2 N–H and O–H groups in total. The summed E-state index contributed by atoms with van der Waals surface area (Å²) in [6, 6.07) is 17.7. The van der Waals surface area contributed by atoms with Crippen LogP contribution in [0.25, 0.3) is 10.8 Å². The first-order valence-electron chi connectivity index (χ1n) is 6.16. The van der Waals surface area contributed by atoms with Gasteiger partial charge in [0.25, 0.3) is 0 Å². The highest BCUT2D eigenvalue weighted by Crippen LogP contribution is 2.36. The zero-order chi connectivity index (χ0) is 13.9. The van der Waals surface area contributed by atoms with Gasteiger partial charge in [0, 0.05) is 5.39 Å². The largest absolute Gasteiger partial charge is 0.506 e. The molecule has 0 bridgehead atoms. The summed E-state index contributed by atoms with van der Waals surface area (Å²) in [7, 11) is 0. The topological polar surface area (TPSA) is 65.2 Å². The number of benzene rings is 3. The normalized spacial score (nSPS) is 11.2. The molecule has 0 saturated heterocycles. The molecule has 4 nitrogen and oxygen atoms in total. The fourth-order valence-electron chi connectivity index (χ4n) is 2.00. The van der Waals surface area contributed by atoms with Crippen LogP contribution in [0, 0.1) is 0 Å². The smallest absolute Gasteiger partial charge is 0.143 e. The first-order chi connectivity index (χ1) is 9.75. The Kier molecular flexibility index (Phi) is 3.05. The van der Waals surface area contributed by atoms with E-state index in [2.05, 4.69) is 10.2 Å².